The first-order chi connectivity index (χ1) is 6.83. The van der Waals surface area contributed by atoms with E-state index < -0.39 is 5.60 Å². The Kier molecular flexibility index (Phi) is 3.89. The number of nitrogens with two attached hydrogens (primary N) is 1. The average Bonchev–Trinajstić information content (AvgIpc) is 2.43. The predicted octanol–water partition coefficient (Wildman–Crippen LogP) is 1.11. The summed E-state index contributed by atoms with van der Waals surface area (Å²) in [7, 11) is 0. The van der Waals surface area contributed by atoms with Crippen molar-refractivity contribution < 1.29 is 9.53 Å². The van der Waals surface area contributed by atoms with E-state index in [9.17, 15) is 4.79 Å². The van der Waals surface area contributed by atoms with E-state index in [4.69, 9.17) is 10.5 Å². The molecule has 0 saturated carbocycles. The Morgan fingerprint density at radius 2 is 2.13 bits per heavy atom. The first kappa shape index (κ1) is 12.6. The van der Waals surface area contributed by atoms with Crippen LogP contribution in [0.1, 0.15) is 20.8 Å². The summed E-state index contributed by atoms with van der Waals surface area (Å²) in [5.41, 5.74) is 5.15. The van der Waals surface area contributed by atoms with E-state index in [0.717, 1.165) is 0 Å². The summed E-state index contributed by atoms with van der Waals surface area (Å²) in [6.07, 6.45) is -0.266. The quantitative estimate of drug-likeness (QED) is 0.666. The fraction of sp³-hybridized carbons (Fsp3) is 0.900. The van der Waals surface area contributed by atoms with E-state index in [1.807, 2.05) is 20.8 Å². The molecule has 2 unspecified atom stereocenters. The second-order valence-electron chi connectivity index (χ2n) is 4.95. The molecule has 0 aromatic heterocycles. The number of likely N-dealkylation sites (tertiary alicyclic amines) is 1. The molecule has 1 saturated heterocycles. The number of carbonyl (C=O) groups excluding carboxylic acids is 1. The summed E-state index contributed by atoms with van der Waals surface area (Å²) in [5, 5.41) is 0.169. The highest BCUT2D eigenvalue weighted by Crippen LogP contribution is 2.22. The van der Waals surface area contributed by atoms with Crippen molar-refractivity contribution in [2.45, 2.75) is 31.6 Å². The van der Waals surface area contributed by atoms with Crippen LogP contribution in [0.25, 0.3) is 0 Å². The number of ether oxygens (including phenoxy) is 1. The fourth-order valence-corrected chi connectivity index (χ4v) is 1.97. The maximum Gasteiger partial charge on any atom is 0.410 e. The molecule has 0 aromatic rings. The minimum atomic E-state index is -0.440. The minimum absolute atomic E-state index is 0.169. The maximum absolute atomic E-state index is 11.7. The van der Waals surface area contributed by atoms with Gasteiger partial charge in [0.15, 0.2) is 0 Å². The van der Waals surface area contributed by atoms with Crippen molar-refractivity contribution in [2.24, 2.45) is 11.7 Å². The first-order valence-corrected chi connectivity index (χ1v) is 5.71. The molecule has 88 valence electrons. The Hall–Kier alpha value is -0.420. The molecule has 5 heteroatoms. The van der Waals surface area contributed by atoms with Gasteiger partial charge in [-0.1, -0.05) is 0 Å². The third-order valence-corrected chi connectivity index (χ3v) is 2.95. The summed E-state index contributed by atoms with van der Waals surface area (Å²) >= 11 is 4.40. The summed E-state index contributed by atoms with van der Waals surface area (Å²) in [4.78, 5) is 13.4. The Balaban J connectivity index is 2.50. The van der Waals surface area contributed by atoms with E-state index in [2.05, 4.69) is 12.6 Å². The van der Waals surface area contributed by atoms with Crippen LogP contribution in [0.5, 0.6) is 0 Å². The normalized spacial score (nSPS) is 26.9. The SMILES string of the molecule is CC(C)(C)OC(=O)N1CC(S)C(CN)C1. The number of hydrogen-bond acceptors (Lipinski definition) is 4. The van der Waals surface area contributed by atoms with E-state index >= 15 is 0 Å². The van der Waals surface area contributed by atoms with Crippen molar-refractivity contribution in [3.63, 3.8) is 0 Å². The van der Waals surface area contributed by atoms with Crippen LogP contribution in [0.3, 0.4) is 0 Å². The number of carbonyl (C=O) groups is 1. The van der Waals surface area contributed by atoms with Gasteiger partial charge in [-0.3, -0.25) is 0 Å². The number of thiol groups is 1. The Morgan fingerprint density at radius 1 is 1.53 bits per heavy atom. The van der Waals surface area contributed by atoms with Crippen molar-refractivity contribution in [3.8, 4) is 0 Å². The largest absolute Gasteiger partial charge is 0.444 e. The maximum atomic E-state index is 11.7. The third kappa shape index (κ3) is 3.57. The molecule has 15 heavy (non-hydrogen) atoms. The summed E-state index contributed by atoms with van der Waals surface area (Å²) in [6, 6.07) is 0. The first-order valence-electron chi connectivity index (χ1n) is 5.19. The highest BCUT2D eigenvalue weighted by Gasteiger charge is 2.34. The lowest BCUT2D eigenvalue weighted by atomic mass is 10.1. The standard InChI is InChI=1S/C10H20N2O2S/c1-10(2,3)14-9(13)12-5-7(4-11)8(15)6-12/h7-8,15H,4-6,11H2,1-3H3. The Labute approximate surface area is 96.5 Å². The second kappa shape index (κ2) is 4.61. The molecule has 4 nitrogen and oxygen atoms in total. The molecular formula is C10H20N2O2S. The predicted molar refractivity (Wildman–Crippen MR) is 63.1 cm³/mol. The molecule has 1 fully saturated rings. The Morgan fingerprint density at radius 3 is 2.53 bits per heavy atom. The van der Waals surface area contributed by atoms with Gasteiger partial charge in [-0.05, 0) is 27.3 Å². The number of amides is 1. The summed E-state index contributed by atoms with van der Waals surface area (Å²) < 4.78 is 5.28. The van der Waals surface area contributed by atoms with Crippen molar-refractivity contribution in [1.82, 2.24) is 4.90 Å². The van der Waals surface area contributed by atoms with Crippen molar-refractivity contribution >= 4 is 18.7 Å². The van der Waals surface area contributed by atoms with Crippen LogP contribution in [-0.2, 0) is 4.74 Å². The van der Waals surface area contributed by atoms with Gasteiger partial charge < -0.3 is 15.4 Å². The molecule has 0 aromatic carbocycles. The van der Waals surface area contributed by atoms with Gasteiger partial charge in [0, 0.05) is 24.3 Å². The van der Waals surface area contributed by atoms with E-state index in [-0.39, 0.29) is 17.3 Å². The van der Waals surface area contributed by atoms with Gasteiger partial charge in [-0.2, -0.15) is 12.6 Å². The lowest BCUT2D eigenvalue weighted by Gasteiger charge is -2.24. The molecular weight excluding hydrogens is 212 g/mol. The Bertz CT molecular complexity index is 240. The molecule has 0 radical (unpaired) electrons. The van der Waals surface area contributed by atoms with Crippen LogP contribution in [0, 0.1) is 5.92 Å². The summed E-state index contributed by atoms with van der Waals surface area (Å²) in [6.45, 7) is 7.42. The van der Waals surface area contributed by atoms with Crippen LogP contribution >= 0.6 is 12.6 Å². The monoisotopic (exact) mass is 232 g/mol. The lowest BCUT2D eigenvalue weighted by molar-refractivity contribution is 0.0289. The molecule has 2 atom stereocenters. The molecule has 1 aliphatic rings. The molecule has 1 aliphatic heterocycles. The van der Waals surface area contributed by atoms with Gasteiger partial charge in [0.05, 0.1) is 0 Å². The molecule has 1 heterocycles. The average molecular weight is 232 g/mol. The zero-order valence-electron chi connectivity index (χ0n) is 9.56. The number of hydrogen-bond donors (Lipinski definition) is 2. The van der Waals surface area contributed by atoms with Gasteiger partial charge in [0.25, 0.3) is 0 Å². The molecule has 2 N–H and O–H groups in total. The van der Waals surface area contributed by atoms with Crippen molar-refractivity contribution in [3.05, 3.63) is 0 Å². The molecule has 0 bridgehead atoms. The van der Waals surface area contributed by atoms with Crippen LogP contribution in [0.4, 0.5) is 4.79 Å². The van der Waals surface area contributed by atoms with Gasteiger partial charge >= 0.3 is 6.09 Å². The van der Waals surface area contributed by atoms with E-state index in [1.165, 1.54) is 0 Å². The minimum Gasteiger partial charge on any atom is -0.444 e. The highest BCUT2D eigenvalue weighted by atomic mass is 32.1. The lowest BCUT2D eigenvalue weighted by Crippen LogP contribution is -2.35. The summed E-state index contributed by atoms with van der Waals surface area (Å²) in [5.74, 6) is 0.279. The van der Waals surface area contributed by atoms with Crippen molar-refractivity contribution in [1.29, 1.82) is 0 Å². The number of rotatable bonds is 1. The van der Waals surface area contributed by atoms with Crippen molar-refractivity contribution in [2.75, 3.05) is 19.6 Å². The highest BCUT2D eigenvalue weighted by molar-refractivity contribution is 7.81. The van der Waals surface area contributed by atoms with Crippen LogP contribution in [-0.4, -0.2) is 41.5 Å². The second-order valence-corrected chi connectivity index (χ2v) is 5.61. The molecule has 1 amide bonds. The van der Waals surface area contributed by atoms with Gasteiger partial charge in [0.2, 0.25) is 0 Å². The molecule has 0 spiro atoms. The molecule has 0 aliphatic carbocycles. The fourth-order valence-electron chi connectivity index (χ4n) is 1.56. The van der Waals surface area contributed by atoms with E-state index in [0.29, 0.717) is 19.6 Å². The van der Waals surface area contributed by atoms with Crippen LogP contribution in [0.2, 0.25) is 0 Å². The van der Waals surface area contributed by atoms with Crippen LogP contribution < -0.4 is 5.73 Å². The van der Waals surface area contributed by atoms with Gasteiger partial charge in [0.1, 0.15) is 5.60 Å². The number of nitrogens with zero attached hydrogens (tertiary/aromatic N) is 1. The van der Waals surface area contributed by atoms with Gasteiger partial charge in [-0.25, -0.2) is 4.79 Å². The van der Waals surface area contributed by atoms with E-state index in [1.54, 1.807) is 4.90 Å². The molecule has 1 rings (SSSR count). The topological polar surface area (TPSA) is 55.6 Å². The smallest absolute Gasteiger partial charge is 0.410 e. The zero-order valence-corrected chi connectivity index (χ0v) is 10.5. The third-order valence-electron chi connectivity index (χ3n) is 2.36. The zero-order chi connectivity index (χ0) is 11.6. The van der Waals surface area contributed by atoms with Crippen LogP contribution in [0.15, 0.2) is 0 Å². The van der Waals surface area contributed by atoms with Gasteiger partial charge in [-0.15, -0.1) is 0 Å².